The summed E-state index contributed by atoms with van der Waals surface area (Å²) in [6.45, 7) is 2.28. The van der Waals surface area contributed by atoms with Crippen LogP contribution in [0.3, 0.4) is 0 Å². The maximum atomic E-state index is 13.8. The quantitative estimate of drug-likeness (QED) is 0.755. The highest BCUT2D eigenvalue weighted by atomic mass is 19.4. The number of halogens is 3. The molecule has 2 saturated carbocycles. The van der Waals surface area contributed by atoms with E-state index in [9.17, 15) is 27.9 Å². The summed E-state index contributed by atoms with van der Waals surface area (Å²) >= 11 is 0. The summed E-state index contributed by atoms with van der Waals surface area (Å²) < 4.78 is 42.9. The Kier molecular flexibility index (Phi) is 5.38. The molecular weight excluding hydrogens is 437 g/mol. The lowest BCUT2D eigenvalue weighted by atomic mass is 10.1. The van der Waals surface area contributed by atoms with Crippen molar-refractivity contribution in [2.75, 3.05) is 19.6 Å². The number of imidazole rings is 1. The average Bonchev–Trinajstić information content (AvgIpc) is 3.43. The van der Waals surface area contributed by atoms with Gasteiger partial charge >= 0.3 is 6.18 Å². The molecule has 3 heterocycles. The van der Waals surface area contributed by atoms with Crippen LogP contribution in [0.15, 0.2) is 12.3 Å². The Balaban J connectivity index is 1.46. The number of pyridine rings is 1. The van der Waals surface area contributed by atoms with Gasteiger partial charge in [-0.15, -0.1) is 0 Å². The average molecular weight is 464 g/mol. The van der Waals surface area contributed by atoms with Gasteiger partial charge in [0.05, 0.1) is 17.4 Å². The topological polar surface area (TPSA) is 78.2 Å². The van der Waals surface area contributed by atoms with E-state index in [2.05, 4.69) is 4.98 Å². The second-order valence-corrected chi connectivity index (χ2v) is 9.35. The Hall–Kier alpha value is -2.62. The first kappa shape index (κ1) is 22.2. The van der Waals surface area contributed by atoms with Gasteiger partial charge in [0.2, 0.25) is 5.91 Å². The molecule has 2 aromatic heterocycles. The molecule has 2 aromatic rings. The van der Waals surface area contributed by atoms with Crippen LogP contribution >= 0.6 is 0 Å². The van der Waals surface area contributed by atoms with Crippen molar-refractivity contribution in [1.82, 2.24) is 19.2 Å². The molecule has 2 aliphatic carbocycles. The lowest BCUT2D eigenvalue weighted by Gasteiger charge is -2.37. The molecule has 3 fully saturated rings. The van der Waals surface area contributed by atoms with Crippen molar-refractivity contribution in [2.45, 2.75) is 69.7 Å². The number of piperazine rings is 1. The SMILES string of the molecule is CCc1c(C(=O)N2CCN([C@@H]3CCC(O)C3)C(=O)C2)nc2c(C(F)(F)F)cc(C3CC3)cn12. The molecule has 1 aliphatic heterocycles. The molecule has 3 aliphatic rings. The molecule has 7 nitrogen and oxygen atoms in total. The van der Waals surface area contributed by atoms with E-state index in [1.807, 2.05) is 0 Å². The van der Waals surface area contributed by atoms with E-state index < -0.39 is 23.8 Å². The van der Waals surface area contributed by atoms with Gasteiger partial charge in [0.1, 0.15) is 12.2 Å². The zero-order chi connectivity index (χ0) is 23.5. The zero-order valence-corrected chi connectivity index (χ0v) is 18.4. The van der Waals surface area contributed by atoms with Crippen LogP contribution in [0.2, 0.25) is 0 Å². The Morgan fingerprint density at radius 1 is 1.21 bits per heavy atom. The first-order valence-corrected chi connectivity index (χ1v) is 11.6. The Morgan fingerprint density at radius 3 is 2.55 bits per heavy atom. The zero-order valence-electron chi connectivity index (χ0n) is 18.4. The van der Waals surface area contributed by atoms with Crippen LogP contribution in [0.5, 0.6) is 0 Å². The number of fused-ring (bicyclic) bond motifs is 1. The van der Waals surface area contributed by atoms with E-state index in [0.29, 0.717) is 37.1 Å². The van der Waals surface area contributed by atoms with Gasteiger partial charge in [-0.05, 0) is 56.1 Å². The van der Waals surface area contributed by atoms with Gasteiger partial charge in [0.15, 0.2) is 5.69 Å². The number of aryl methyl sites for hydroxylation is 1. The summed E-state index contributed by atoms with van der Waals surface area (Å²) in [7, 11) is 0. The van der Waals surface area contributed by atoms with Crippen LogP contribution in [0.25, 0.3) is 5.65 Å². The lowest BCUT2D eigenvalue weighted by Crippen LogP contribution is -2.55. The molecule has 0 bridgehead atoms. The monoisotopic (exact) mass is 464 g/mol. The van der Waals surface area contributed by atoms with Crippen molar-refractivity contribution in [3.05, 3.63) is 34.8 Å². The number of hydrogen-bond donors (Lipinski definition) is 1. The number of carbonyl (C=O) groups is 2. The number of amides is 2. The molecule has 10 heteroatoms. The molecule has 0 spiro atoms. The van der Waals surface area contributed by atoms with Crippen LogP contribution < -0.4 is 0 Å². The molecule has 2 amide bonds. The van der Waals surface area contributed by atoms with E-state index in [1.165, 1.54) is 9.30 Å². The second-order valence-electron chi connectivity index (χ2n) is 9.35. The van der Waals surface area contributed by atoms with Crippen molar-refractivity contribution in [3.8, 4) is 0 Å². The molecule has 1 saturated heterocycles. The summed E-state index contributed by atoms with van der Waals surface area (Å²) in [6.07, 6.45) is 0.659. The summed E-state index contributed by atoms with van der Waals surface area (Å²) in [5, 5.41) is 9.78. The number of rotatable bonds is 4. The number of aliphatic hydroxyl groups excluding tert-OH is 1. The largest absolute Gasteiger partial charge is 0.419 e. The molecule has 178 valence electrons. The smallest absolute Gasteiger partial charge is 0.393 e. The number of alkyl halides is 3. The second kappa shape index (κ2) is 8.00. The van der Waals surface area contributed by atoms with Crippen molar-refractivity contribution in [2.24, 2.45) is 0 Å². The molecule has 2 atom stereocenters. The van der Waals surface area contributed by atoms with Crippen LogP contribution in [-0.4, -0.2) is 67.9 Å². The van der Waals surface area contributed by atoms with Crippen molar-refractivity contribution in [1.29, 1.82) is 0 Å². The van der Waals surface area contributed by atoms with Crippen LogP contribution in [0.1, 0.15) is 72.3 Å². The van der Waals surface area contributed by atoms with Crippen molar-refractivity contribution >= 4 is 17.5 Å². The Labute approximate surface area is 189 Å². The summed E-state index contributed by atoms with van der Waals surface area (Å²) in [5.74, 6) is -0.611. The van der Waals surface area contributed by atoms with Gasteiger partial charge in [0.25, 0.3) is 5.91 Å². The molecule has 1 N–H and O–H groups in total. The maximum Gasteiger partial charge on any atom is 0.419 e. The summed E-state index contributed by atoms with van der Waals surface area (Å²) in [4.78, 5) is 33.3. The number of aromatic nitrogens is 2. The number of nitrogens with zero attached hydrogens (tertiary/aromatic N) is 4. The van der Waals surface area contributed by atoms with E-state index in [1.54, 1.807) is 18.0 Å². The standard InChI is InChI=1S/C23H27F3N4O3/c1-2-18-20(22(33)28-7-8-29(19(32)12-28)15-5-6-16(31)10-15)27-21-17(23(24,25)26)9-14(11-30(18)21)13-3-4-13/h9,11,13,15-16,31H,2-8,10,12H2,1H3/t15-,16?/m1/s1. The first-order valence-electron chi connectivity index (χ1n) is 11.6. The van der Waals surface area contributed by atoms with Gasteiger partial charge in [-0.1, -0.05) is 6.92 Å². The minimum Gasteiger partial charge on any atom is -0.393 e. The molecule has 5 rings (SSSR count). The highest BCUT2D eigenvalue weighted by Crippen LogP contribution is 2.43. The molecular formula is C23H27F3N4O3. The fourth-order valence-electron chi connectivity index (χ4n) is 5.18. The van der Waals surface area contributed by atoms with Crippen LogP contribution in [-0.2, 0) is 17.4 Å². The van der Waals surface area contributed by atoms with Crippen molar-refractivity contribution < 1.29 is 27.9 Å². The van der Waals surface area contributed by atoms with Crippen LogP contribution in [0, 0.1) is 0 Å². The normalized spacial score (nSPS) is 24.2. The third kappa shape index (κ3) is 3.98. The molecule has 1 unspecified atom stereocenters. The van der Waals surface area contributed by atoms with E-state index in [4.69, 9.17) is 0 Å². The van der Waals surface area contributed by atoms with Gasteiger partial charge in [-0.25, -0.2) is 4.98 Å². The van der Waals surface area contributed by atoms with E-state index >= 15 is 0 Å². The Morgan fingerprint density at radius 2 is 1.97 bits per heavy atom. The molecule has 33 heavy (non-hydrogen) atoms. The summed E-state index contributed by atoms with van der Waals surface area (Å²) in [6, 6.07) is 1.13. The fraction of sp³-hybridized carbons (Fsp3) is 0.609. The van der Waals surface area contributed by atoms with Gasteiger partial charge in [-0.3, -0.25) is 9.59 Å². The predicted molar refractivity (Wildman–Crippen MR) is 113 cm³/mol. The van der Waals surface area contributed by atoms with Gasteiger partial charge in [0, 0.05) is 25.3 Å². The summed E-state index contributed by atoms with van der Waals surface area (Å²) in [5.41, 5.74) is -0.0768. The van der Waals surface area contributed by atoms with Crippen molar-refractivity contribution in [3.63, 3.8) is 0 Å². The van der Waals surface area contributed by atoms with Gasteiger partial charge in [-0.2, -0.15) is 13.2 Å². The number of hydrogen-bond acceptors (Lipinski definition) is 4. The maximum absolute atomic E-state index is 13.8. The first-order chi connectivity index (χ1) is 15.7. The molecule has 0 aromatic carbocycles. The minimum absolute atomic E-state index is 0.0199. The highest BCUT2D eigenvalue weighted by Gasteiger charge is 2.39. The fourth-order valence-corrected chi connectivity index (χ4v) is 5.18. The third-order valence-electron chi connectivity index (χ3n) is 7.09. The predicted octanol–water partition coefficient (Wildman–Crippen LogP) is 2.99. The highest BCUT2D eigenvalue weighted by molar-refractivity contribution is 5.97. The Bertz CT molecular complexity index is 1110. The minimum atomic E-state index is -4.59. The number of aliphatic hydroxyl groups is 1. The van der Waals surface area contributed by atoms with E-state index in [-0.39, 0.29) is 42.3 Å². The third-order valence-corrected chi connectivity index (χ3v) is 7.09. The van der Waals surface area contributed by atoms with Gasteiger partial charge < -0.3 is 19.3 Å². The van der Waals surface area contributed by atoms with Crippen LogP contribution in [0.4, 0.5) is 13.2 Å². The lowest BCUT2D eigenvalue weighted by molar-refractivity contribution is -0.138. The number of carbonyl (C=O) groups excluding carboxylic acids is 2. The van der Waals surface area contributed by atoms with E-state index in [0.717, 1.165) is 25.3 Å². The molecule has 0 radical (unpaired) electrons.